The summed E-state index contributed by atoms with van der Waals surface area (Å²) >= 11 is 0. The summed E-state index contributed by atoms with van der Waals surface area (Å²) in [5, 5.41) is 5.75. The van der Waals surface area contributed by atoms with Gasteiger partial charge in [-0.2, -0.15) is 0 Å². The van der Waals surface area contributed by atoms with Gasteiger partial charge in [0.15, 0.2) is 0 Å². The zero-order valence-corrected chi connectivity index (χ0v) is 17.8. The van der Waals surface area contributed by atoms with Crippen molar-refractivity contribution in [2.24, 2.45) is 5.92 Å². The van der Waals surface area contributed by atoms with Crippen LogP contribution in [0.2, 0.25) is 0 Å². The summed E-state index contributed by atoms with van der Waals surface area (Å²) < 4.78 is 29.8. The van der Waals surface area contributed by atoms with Crippen molar-refractivity contribution in [1.82, 2.24) is 15.4 Å². The molecule has 3 N–H and O–H groups in total. The molecule has 0 aromatic carbocycles. The molecule has 27 heavy (non-hydrogen) atoms. The summed E-state index contributed by atoms with van der Waals surface area (Å²) in [6, 6.07) is -0.255. The Kier molecular flexibility index (Phi) is 9.52. The molecule has 9 heteroatoms. The Balaban J connectivity index is 2.58. The van der Waals surface area contributed by atoms with Gasteiger partial charge in [0.2, 0.25) is 15.9 Å². The lowest BCUT2D eigenvalue weighted by Crippen LogP contribution is -2.48. The highest BCUT2D eigenvalue weighted by Gasteiger charge is 2.31. The van der Waals surface area contributed by atoms with Gasteiger partial charge in [0.1, 0.15) is 5.60 Å². The fourth-order valence-corrected chi connectivity index (χ4v) is 3.63. The van der Waals surface area contributed by atoms with Crippen LogP contribution in [0.25, 0.3) is 0 Å². The van der Waals surface area contributed by atoms with Crippen LogP contribution >= 0.6 is 0 Å². The fourth-order valence-electron chi connectivity index (χ4n) is 3.12. The van der Waals surface area contributed by atoms with Gasteiger partial charge in [-0.1, -0.05) is 25.7 Å². The summed E-state index contributed by atoms with van der Waals surface area (Å²) in [5.74, 6) is -0.405. The number of sulfonamides is 1. The van der Waals surface area contributed by atoms with Gasteiger partial charge in [-0.05, 0) is 40.0 Å². The SMILES string of the molecule is CC(C)(C)OC(=O)N[C@@H]1CCCCCC[C@H]1C(=O)NCCCNS(C)(=O)=O. The smallest absolute Gasteiger partial charge is 0.407 e. The van der Waals surface area contributed by atoms with Gasteiger partial charge in [-0.15, -0.1) is 0 Å². The molecule has 8 nitrogen and oxygen atoms in total. The highest BCUT2D eigenvalue weighted by molar-refractivity contribution is 7.88. The van der Waals surface area contributed by atoms with Gasteiger partial charge < -0.3 is 15.4 Å². The molecule has 0 aliphatic heterocycles. The van der Waals surface area contributed by atoms with Crippen molar-refractivity contribution in [1.29, 1.82) is 0 Å². The third kappa shape index (κ3) is 11.2. The topological polar surface area (TPSA) is 114 Å². The summed E-state index contributed by atoms with van der Waals surface area (Å²) in [6.45, 7) is 6.08. The van der Waals surface area contributed by atoms with Gasteiger partial charge in [-0.3, -0.25) is 4.79 Å². The van der Waals surface area contributed by atoms with Crippen LogP contribution in [0, 0.1) is 5.92 Å². The largest absolute Gasteiger partial charge is 0.444 e. The third-order valence-corrected chi connectivity index (χ3v) is 5.05. The van der Waals surface area contributed by atoms with E-state index >= 15 is 0 Å². The van der Waals surface area contributed by atoms with Gasteiger partial charge in [0.25, 0.3) is 0 Å². The molecule has 0 radical (unpaired) electrons. The number of alkyl carbamates (subject to hydrolysis) is 1. The predicted molar refractivity (Wildman–Crippen MR) is 105 cm³/mol. The Hall–Kier alpha value is -1.35. The average Bonchev–Trinajstić information content (AvgIpc) is 2.46. The second kappa shape index (κ2) is 10.8. The summed E-state index contributed by atoms with van der Waals surface area (Å²) in [5.41, 5.74) is -0.587. The van der Waals surface area contributed by atoms with Gasteiger partial charge in [0.05, 0.1) is 12.2 Å². The molecular formula is C18H35N3O5S. The minimum absolute atomic E-state index is 0.0997. The minimum atomic E-state index is -3.22. The van der Waals surface area contributed by atoms with Crippen molar-refractivity contribution in [2.45, 2.75) is 77.4 Å². The maximum absolute atomic E-state index is 12.7. The first-order chi connectivity index (χ1) is 12.5. The van der Waals surface area contributed by atoms with E-state index in [1.54, 1.807) is 20.8 Å². The zero-order chi connectivity index (χ0) is 20.5. The van der Waals surface area contributed by atoms with Crippen LogP contribution in [-0.2, 0) is 19.6 Å². The van der Waals surface area contributed by atoms with E-state index in [9.17, 15) is 18.0 Å². The van der Waals surface area contributed by atoms with Crippen LogP contribution in [0.15, 0.2) is 0 Å². The zero-order valence-electron chi connectivity index (χ0n) is 17.0. The van der Waals surface area contributed by atoms with Crippen molar-refractivity contribution in [2.75, 3.05) is 19.3 Å². The molecule has 2 amide bonds. The van der Waals surface area contributed by atoms with E-state index in [4.69, 9.17) is 4.74 Å². The second-order valence-electron chi connectivity index (χ2n) is 8.16. The van der Waals surface area contributed by atoms with Crippen LogP contribution in [0.5, 0.6) is 0 Å². The molecule has 0 heterocycles. The Morgan fingerprint density at radius 2 is 1.67 bits per heavy atom. The first-order valence-electron chi connectivity index (χ1n) is 9.70. The van der Waals surface area contributed by atoms with E-state index in [0.717, 1.165) is 38.4 Å². The molecule has 1 aliphatic carbocycles. The van der Waals surface area contributed by atoms with Crippen molar-refractivity contribution in [3.05, 3.63) is 0 Å². The van der Waals surface area contributed by atoms with Gasteiger partial charge in [-0.25, -0.2) is 17.9 Å². The standard InChI is InChI=1S/C18H35N3O5S/c1-18(2,3)26-17(23)21-15-11-8-6-5-7-10-14(15)16(22)19-12-9-13-20-27(4,24)25/h14-15,20H,5-13H2,1-4H3,(H,19,22)(H,21,23)/t14-,15-/m1/s1. The Bertz CT molecular complexity index is 586. The lowest BCUT2D eigenvalue weighted by atomic mass is 9.86. The Labute approximate surface area is 163 Å². The van der Waals surface area contributed by atoms with Crippen molar-refractivity contribution in [3.63, 3.8) is 0 Å². The first kappa shape index (κ1) is 23.7. The van der Waals surface area contributed by atoms with E-state index in [1.807, 2.05) is 0 Å². The Morgan fingerprint density at radius 1 is 1.04 bits per heavy atom. The first-order valence-corrected chi connectivity index (χ1v) is 11.6. The highest BCUT2D eigenvalue weighted by Crippen LogP contribution is 2.23. The molecule has 0 aromatic rings. The van der Waals surface area contributed by atoms with Crippen LogP contribution in [0.1, 0.15) is 65.7 Å². The van der Waals surface area contributed by atoms with Crippen LogP contribution in [0.4, 0.5) is 4.79 Å². The maximum Gasteiger partial charge on any atom is 0.407 e. The minimum Gasteiger partial charge on any atom is -0.444 e. The third-order valence-electron chi connectivity index (χ3n) is 4.32. The molecule has 0 bridgehead atoms. The van der Waals surface area contributed by atoms with E-state index in [0.29, 0.717) is 19.4 Å². The maximum atomic E-state index is 12.7. The van der Waals surface area contributed by atoms with Crippen molar-refractivity contribution >= 4 is 22.0 Å². The molecule has 1 saturated carbocycles. The molecule has 0 saturated heterocycles. The average molecular weight is 406 g/mol. The van der Waals surface area contributed by atoms with E-state index in [2.05, 4.69) is 15.4 Å². The molecule has 1 rings (SSSR count). The van der Waals surface area contributed by atoms with Gasteiger partial charge >= 0.3 is 6.09 Å². The summed E-state index contributed by atoms with van der Waals surface area (Å²) in [4.78, 5) is 24.8. The lowest BCUT2D eigenvalue weighted by Gasteiger charge is -2.30. The highest BCUT2D eigenvalue weighted by atomic mass is 32.2. The molecule has 1 fully saturated rings. The number of nitrogens with one attached hydrogen (secondary N) is 3. The van der Waals surface area contributed by atoms with E-state index in [-0.39, 0.29) is 24.4 Å². The number of hydrogen-bond donors (Lipinski definition) is 3. The van der Waals surface area contributed by atoms with Crippen molar-refractivity contribution in [3.8, 4) is 0 Å². The number of rotatable bonds is 7. The quantitative estimate of drug-likeness (QED) is 0.560. The summed E-state index contributed by atoms with van der Waals surface area (Å²) in [6.07, 6.45) is 6.66. The second-order valence-corrected chi connectivity index (χ2v) is 9.99. The molecule has 1 aliphatic rings. The van der Waals surface area contributed by atoms with Crippen molar-refractivity contribution < 1.29 is 22.7 Å². The number of hydrogen-bond acceptors (Lipinski definition) is 5. The molecule has 0 aromatic heterocycles. The van der Waals surface area contributed by atoms with E-state index < -0.39 is 21.7 Å². The molecule has 0 spiro atoms. The predicted octanol–water partition coefficient (Wildman–Crippen LogP) is 1.91. The lowest BCUT2D eigenvalue weighted by molar-refractivity contribution is -0.126. The van der Waals surface area contributed by atoms with Crippen LogP contribution in [-0.4, -0.2) is 51.4 Å². The molecule has 0 unspecified atom stereocenters. The fraction of sp³-hybridized carbons (Fsp3) is 0.889. The number of ether oxygens (including phenoxy) is 1. The van der Waals surface area contributed by atoms with Gasteiger partial charge in [0, 0.05) is 19.1 Å². The monoisotopic (exact) mass is 405 g/mol. The summed E-state index contributed by atoms with van der Waals surface area (Å²) in [7, 11) is -3.22. The molecular weight excluding hydrogens is 370 g/mol. The molecule has 2 atom stereocenters. The number of carbonyl (C=O) groups excluding carboxylic acids is 2. The number of carbonyl (C=O) groups is 2. The molecule has 158 valence electrons. The normalized spacial score (nSPS) is 21.6. The van der Waals surface area contributed by atoms with E-state index in [1.165, 1.54) is 0 Å². The van der Waals surface area contributed by atoms with Crippen LogP contribution in [0.3, 0.4) is 0 Å². The Morgan fingerprint density at radius 3 is 2.26 bits per heavy atom. The number of amides is 2. The van der Waals surface area contributed by atoms with Crippen LogP contribution < -0.4 is 15.4 Å².